The van der Waals surface area contributed by atoms with Crippen LogP contribution in [0.5, 0.6) is 17.2 Å². The Morgan fingerprint density at radius 3 is 2.35 bits per heavy atom. The second-order valence-electron chi connectivity index (χ2n) is 6.10. The molecule has 0 atom stereocenters. The van der Waals surface area contributed by atoms with E-state index < -0.39 is 11.7 Å². The average molecular weight is 365 g/mol. The van der Waals surface area contributed by atoms with Crippen LogP contribution in [0.1, 0.15) is 24.0 Å². The summed E-state index contributed by atoms with van der Waals surface area (Å²) < 4.78 is 49.9. The molecule has 0 aliphatic heterocycles. The van der Waals surface area contributed by atoms with Crippen molar-refractivity contribution in [2.45, 2.75) is 25.6 Å². The van der Waals surface area contributed by atoms with E-state index >= 15 is 0 Å². The maximum atomic E-state index is 13.2. The molecule has 0 unspecified atom stereocenters. The molecule has 0 heterocycles. The normalized spacial score (nSPS) is 14.0. The predicted molar refractivity (Wildman–Crippen MR) is 89.1 cm³/mol. The molecule has 7 heteroatoms. The van der Waals surface area contributed by atoms with Gasteiger partial charge in [-0.05, 0) is 48.7 Å². The minimum absolute atomic E-state index is 0.0402. The van der Waals surface area contributed by atoms with Crippen molar-refractivity contribution in [3.63, 3.8) is 0 Å². The Labute approximate surface area is 148 Å². The van der Waals surface area contributed by atoms with Crippen molar-refractivity contribution in [1.29, 1.82) is 0 Å². The number of carbonyl (C=O) groups is 1. The van der Waals surface area contributed by atoms with Crippen LogP contribution in [-0.4, -0.2) is 13.0 Å². The molecular formula is C19H18F3NO3. The van der Waals surface area contributed by atoms with Gasteiger partial charge in [-0.15, -0.1) is 0 Å². The van der Waals surface area contributed by atoms with Crippen LogP contribution in [0, 0.1) is 5.92 Å². The first-order valence-corrected chi connectivity index (χ1v) is 8.16. The predicted octanol–water partition coefficient (Wildman–Crippen LogP) is 4.53. The molecule has 0 saturated heterocycles. The summed E-state index contributed by atoms with van der Waals surface area (Å²) in [5.41, 5.74) is -0.0604. The molecular weight excluding hydrogens is 347 g/mol. The molecule has 26 heavy (non-hydrogen) atoms. The van der Waals surface area contributed by atoms with Crippen molar-refractivity contribution in [3.8, 4) is 17.2 Å². The summed E-state index contributed by atoms with van der Waals surface area (Å²) >= 11 is 0. The van der Waals surface area contributed by atoms with Gasteiger partial charge in [-0.3, -0.25) is 4.79 Å². The lowest BCUT2D eigenvalue weighted by molar-refractivity contribution is -0.138. The van der Waals surface area contributed by atoms with E-state index in [0.717, 1.165) is 24.5 Å². The Morgan fingerprint density at radius 1 is 1.12 bits per heavy atom. The fourth-order valence-electron chi connectivity index (χ4n) is 2.43. The van der Waals surface area contributed by atoms with Crippen LogP contribution in [0.15, 0.2) is 42.5 Å². The summed E-state index contributed by atoms with van der Waals surface area (Å²) in [6.07, 6.45) is -2.69. The van der Waals surface area contributed by atoms with Gasteiger partial charge in [0.25, 0.3) is 0 Å². The highest BCUT2D eigenvalue weighted by molar-refractivity contribution is 5.80. The first-order valence-electron chi connectivity index (χ1n) is 8.16. The number of hydrogen-bond donors (Lipinski definition) is 1. The number of alkyl halides is 3. The Kier molecular flexibility index (Phi) is 5.06. The second kappa shape index (κ2) is 7.27. The third-order valence-electron chi connectivity index (χ3n) is 4.06. The van der Waals surface area contributed by atoms with Gasteiger partial charge in [-0.2, -0.15) is 13.2 Å². The lowest BCUT2D eigenvalue weighted by Gasteiger charge is -2.15. The monoisotopic (exact) mass is 365 g/mol. The summed E-state index contributed by atoms with van der Waals surface area (Å²) in [6.45, 7) is 0.381. The van der Waals surface area contributed by atoms with E-state index in [1.165, 1.54) is 19.2 Å². The summed E-state index contributed by atoms with van der Waals surface area (Å²) in [5.74, 6) is 0.254. The molecule has 1 aliphatic rings. The quantitative estimate of drug-likeness (QED) is 0.818. The van der Waals surface area contributed by atoms with E-state index in [1.54, 1.807) is 24.3 Å². The summed E-state index contributed by atoms with van der Waals surface area (Å²) in [4.78, 5) is 11.6. The first kappa shape index (κ1) is 18.1. The van der Waals surface area contributed by atoms with Gasteiger partial charge in [0.2, 0.25) is 5.91 Å². The van der Waals surface area contributed by atoms with Gasteiger partial charge in [0.05, 0.1) is 7.11 Å². The number of nitrogens with one attached hydrogen (secondary N) is 1. The molecule has 0 spiro atoms. The summed E-state index contributed by atoms with van der Waals surface area (Å²) in [5, 5.41) is 2.83. The zero-order valence-corrected chi connectivity index (χ0v) is 14.1. The third kappa shape index (κ3) is 4.47. The Morgan fingerprint density at radius 2 is 1.77 bits per heavy atom. The van der Waals surface area contributed by atoms with Gasteiger partial charge < -0.3 is 14.8 Å². The standard InChI is InChI=1S/C19H18F3NO3/c1-25-15-8-9-17(16(10-15)19(20,21)22)26-14-6-2-12(3-7-14)11-23-18(24)13-4-5-13/h2-3,6-10,13H,4-5,11H2,1H3,(H,23,24). The lowest BCUT2D eigenvalue weighted by Crippen LogP contribution is -2.24. The second-order valence-corrected chi connectivity index (χ2v) is 6.10. The molecule has 0 aromatic heterocycles. The van der Waals surface area contributed by atoms with Crippen molar-refractivity contribution in [1.82, 2.24) is 5.32 Å². The number of methoxy groups -OCH3 is 1. The number of benzene rings is 2. The Hall–Kier alpha value is -2.70. The number of hydrogen-bond acceptors (Lipinski definition) is 3. The lowest BCUT2D eigenvalue weighted by atomic mass is 10.1. The summed E-state index contributed by atoms with van der Waals surface area (Å²) in [7, 11) is 1.30. The largest absolute Gasteiger partial charge is 0.497 e. The number of ether oxygens (including phenoxy) is 2. The van der Waals surface area contributed by atoms with Crippen LogP contribution in [-0.2, 0) is 17.5 Å². The summed E-state index contributed by atoms with van der Waals surface area (Å²) in [6, 6.07) is 10.1. The highest BCUT2D eigenvalue weighted by Gasteiger charge is 2.35. The maximum absolute atomic E-state index is 13.2. The molecule has 3 rings (SSSR count). The smallest absolute Gasteiger partial charge is 0.420 e. The first-order chi connectivity index (χ1) is 12.4. The van der Waals surface area contributed by atoms with E-state index in [2.05, 4.69) is 5.32 Å². The molecule has 2 aromatic rings. The maximum Gasteiger partial charge on any atom is 0.420 e. The molecule has 1 aliphatic carbocycles. The van der Waals surface area contributed by atoms with Crippen molar-refractivity contribution in [2.75, 3.05) is 7.11 Å². The van der Waals surface area contributed by atoms with Crippen molar-refractivity contribution in [2.24, 2.45) is 5.92 Å². The van der Waals surface area contributed by atoms with Gasteiger partial charge >= 0.3 is 6.18 Å². The van der Waals surface area contributed by atoms with Gasteiger partial charge in [-0.1, -0.05) is 12.1 Å². The number of amides is 1. The SMILES string of the molecule is COc1ccc(Oc2ccc(CNC(=O)C3CC3)cc2)c(C(F)(F)F)c1. The van der Waals surface area contributed by atoms with Gasteiger partial charge in [0.1, 0.15) is 22.8 Å². The molecule has 0 bridgehead atoms. The zero-order valence-electron chi connectivity index (χ0n) is 14.1. The van der Waals surface area contributed by atoms with E-state index in [4.69, 9.17) is 9.47 Å². The number of halogens is 3. The number of rotatable bonds is 6. The van der Waals surface area contributed by atoms with Crippen LogP contribution in [0.4, 0.5) is 13.2 Å². The van der Waals surface area contributed by atoms with E-state index in [9.17, 15) is 18.0 Å². The van der Waals surface area contributed by atoms with Gasteiger partial charge in [0, 0.05) is 12.5 Å². The van der Waals surface area contributed by atoms with Crippen LogP contribution in [0.25, 0.3) is 0 Å². The fraction of sp³-hybridized carbons (Fsp3) is 0.316. The van der Waals surface area contributed by atoms with Crippen LogP contribution in [0.2, 0.25) is 0 Å². The van der Waals surface area contributed by atoms with E-state index in [0.29, 0.717) is 6.54 Å². The molecule has 1 fully saturated rings. The molecule has 4 nitrogen and oxygen atoms in total. The van der Waals surface area contributed by atoms with Crippen LogP contribution < -0.4 is 14.8 Å². The van der Waals surface area contributed by atoms with Crippen molar-refractivity contribution < 1.29 is 27.4 Å². The molecule has 0 radical (unpaired) electrons. The minimum atomic E-state index is -4.56. The molecule has 138 valence electrons. The molecule has 1 amide bonds. The third-order valence-corrected chi connectivity index (χ3v) is 4.06. The minimum Gasteiger partial charge on any atom is -0.497 e. The van der Waals surface area contributed by atoms with Crippen molar-refractivity contribution in [3.05, 3.63) is 53.6 Å². The highest BCUT2D eigenvalue weighted by Crippen LogP contribution is 2.40. The number of carbonyl (C=O) groups excluding carboxylic acids is 1. The topological polar surface area (TPSA) is 47.6 Å². The Balaban J connectivity index is 1.69. The molecule has 1 N–H and O–H groups in total. The zero-order chi connectivity index (χ0) is 18.7. The Bertz CT molecular complexity index is 784. The van der Waals surface area contributed by atoms with Crippen LogP contribution in [0.3, 0.4) is 0 Å². The molecule has 2 aromatic carbocycles. The van der Waals surface area contributed by atoms with Gasteiger partial charge in [-0.25, -0.2) is 0 Å². The average Bonchev–Trinajstić information content (AvgIpc) is 3.45. The van der Waals surface area contributed by atoms with Crippen molar-refractivity contribution >= 4 is 5.91 Å². The fourth-order valence-corrected chi connectivity index (χ4v) is 2.43. The van der Waals surface area contributed by atoms with E-state index in [1.807, 2.05) is 0 Å². The van der Waals surface area contributed by atoms with E-state index in [-0.39, 0.29) is 29.1 Å². The highest BCUT2D eigenvalue weighted by atomic mass is 19.4. The van der Waals surface area contributed by atoms with Gasteiger partial charge in [0.15, 0.2) is 0 Å². The molecule has 1 saturated carbocycles. The van der Waals surface area contributed by atoms with Crippen LogP contribution >= 0.6 is 0 Å².